The van der Waals surface area contributed by atoms with Crippen molar-refractivity contribution < 1.29 is 0 Å². The first-order valence-electron chi connectivity index (χ1n) is 7.21. The minimum absolute atomic E-state index is 0.579. The second-order valence-corrected chi connectivity index (χ2v) is 5.77. The molecule has 1 aromatic carbocycles. The van der Waals surface area contributed by atoms with Crippen LogP contribution in [0.1, 0.15) is 45.6 Å². The predicted molar refractivity (Wildman–Crippen MR) is 79.4 cm³/mol. The Morgan fingerprint density at radius 1 is 1.39 bits per heavy atom. The molecule has 0 aliphatic carbocycles. The third kappa shape index (κ3) is 2.86. The predicted octanol–water partition coefficient (Wildman–Crippen LogP) is 3.39. The molecule has 1 aliphatic heterocycles. The zero-order valence-corrected chi connectivity index (χ0v) is 12.1. The molecule has 1 N–H and O–H groups in total. The summed E-state index contributed by atoms with van der Waals surface area (Å²) in [6.07, 6.45) is 1.20. The first-order chi connectivity index (χ1) is 8.61. The highest BCUT2D eigenvalue weighted by Crippen LogP contribution is 2.25. The second-order valence-electron chi connectivity index (χ2n) is 5.77. The Labute approximate surface area is 111 Å². The minimum atomic E-state index is 0.579. The van der Waals surface area contributed by atoms with Gasteiger partial charge in [-0.05, 0) is 37.0 Å². The first-order valence-corrected chi connectivity index (χ1v) is 7.21. The molecule has 2 heteroatoms. The Kier molecular flexibility index (Phi) is 4.28. The summed E-state index contributed by atoms with van der Waals surface area (Å²) in [6.45, 7) is 11.3. The van der Waals surface area contributed by atoms with Crippen LogP contribution in [-0.4, -0.2) is 25.2 Å². The van der Waals surface area contributed by atoms with Crippen molar-refractivity contribution in [3.8, 4) is 0 Å². The fraction of sp³-hybridized carbons (Fsp3) is 0.625. The van der Waals surface area contributed by atoms with Gasteiger partial charge in [0, 0.05) is 30.9 Å². The maximum Gasteiger partial charge on any atom is 0.0412 e. The van der Waals surface area contributed by atoms with E-state index in [1.54, 1.807) is 0 Å². The Bertz CT molecular complexity index is 386. The fourth-order valence-electron chi connectivity index (χ4n) is 2.70. The van der Waals surface area contributed by atoms with Gasteiger partial charge in [-0.2, -0.15) is 0 Å². The van der Waals surface area contributed by atoms with Crippen LogP contribution in [-0.2, 0) is 0 Å². The van der Waals surface area contributed by atoms with Crippen molar-refractivity contribution in [2.75, 3.05) is 18.0 Å². The van der Waals surface area contributed by atoms with E-state index in [4.69, 9.17) is 0 Å². The first kappa shape index (κ1) is 13.4. The fourth-order valence-corrected chi connectivity index (χ4v) is 2.70. The van der Waals surface area contributed by atoms with Gasteiger partial charge < -0.3 is 10.2 Å². The lowest BCUT2D eigenvalue weighted by molar-refractivity contribution is 0.402. The molecule has 2 unspecified atom stereocenters. The average molecular weight is 246 g/mol. The van der Waals surface area contributed by atoms with Crippen molar-refractivity contribution in [3.63, 3.8) is 0 Å². The number of hydrogen-bond donors (Lipinski definition) is 1. The number of anilines is 1. The smallest absolute Gasteiger partial charge is 0.0412 e. The van der Waals surface area contributed by atoms with Crippen molar-refractivity contribution in [2.24, 2.45) is 0 Å². The van der Waals surface area contributed by atoms with Gasteiger partial charge in [0.2, 0.25) is 0 Å². The van der Waals surface area contributed by atoms with E-state index < -0.39 is 0 Å². The molecule has 2 atom stereocenters. The van der Waals surface area contributed by atoms with Gasteiger partial charge in [0.05, 0.1) is 0 Å². The van der Waals surface area contributed by atoms with Crippen LogP contribution in [0.25, 0.3) is 0 Å². The van der Waals surface area contributed by atoms with E-state index in [0.29, 0.717) is 18.0 Å². The number of nitrogens with zero attached hydrogens (tertiary/aromatic N) is 1. The van der Waals surface area contributed by atoms with E-state index >= 15 is 0 Å². The third-order valence-corrected chi connectivity index (χ3v) is 3.95. The molecular formula is C16H26N2. The average Bonchev–Trinajstić information content (AvgIpc) is 2.39. The number of nitrogens with one attached hydrogen (secondary N) is 1. The van der Waals surface area contributed by atoms with Gasteiger partial charge in [0.15, 0.2) is 0 Å². The highest BCUT2D eigenvalue weighted by atomic mass is 15.2. The van der Waals surface area contributed by atoms with Gasteiger partial charge >= 0.3 is 0 Å². The number of benzene rings is 1. The quantitative estimate of drug-likeness (QED) is 0.879. The molecule has 0 spiro atoms. The molecule has 100 valence electrons. The Balaban J connectivity index is 2.24. The standard InChI is InChI=1S/C16H26N2/c1-5-15-10-17-13(4)11-18(15)16-8-6-7-14(9-16)12(2)3/h6-9,12-13,15,17H,5,10-11H2,1-4H3. The molecule has 0 amide bonds. The highest BCUT2D eigenvalue weighted by molar-refractivity contribution is 5.51. The van der Waals surface area contributed by atoms with Gasteiger partial charge in [0.25, 0.3) is 0 Å². The van der Waals surface area contributed by atoms with Crippen LogP contribution in [0.4, 0.5) is 5.69 Å². The number of piperazine rings is 1. The summed E-state index contributed by atoms with van der Waals surface area (Å²) < 4.78 is 0. The topological polar surface area (TPSA) is 15.3 Å². The normalized spacial score (nSPS) is 24.6. The Morgan fingerprint density at radius 3 is 2.83 bits per heavy atom. The zero-order valence-electron chi connectivity index (χ0n) is 12.1. The van der Waals surface area contributed by atoms with Crippen LogP contribution in [0.3, 0.4) is 0 Å². The lowest BCUT2D eigenvalue weighted by Crippen LogP contribution is -2.55. The molecule has 2 rings (SSSR count). The van der Waals surface area contributed by atoms with E-state index in [2.05, 4.69) is 62.2 Å². The molecule has 1 heterocycles. The monoisotopic (exact) mass is 246 g/mol. The van der Waals surface area contributed by atoms with Crippen LogP contribution in [0, 0.1) is 0 Å². The molecule has 18 heavy (non-hydrogen) atoms. The van der Waals surface area contributed by atoms with Crippen molar-refractivity contribution in [1.29, 1.82) is 0 Å². The Hall–Kier alpha value is -1.02. The van der Waals surface area contributed by atoms with Crippen LogP contribution in [0.2, 0.25) is 0 Å². The Morgan fingerprint density at radius 2 is 2.17 bits per heavy atom. The van der Waals surface area contributed by atoms with Crippen LogP contribution >= 0.6 is 0 Å². The third-order valence-electron chi connectivity index (χ3n) is 3.95. The second kappa shape index (κ2) is 5.75. The highest BCUT2D eigenvalue weighted by Gasteiger charge is 2.24. The molecule has 1 aliphatic rings. The maximum atomic E-state index is 3.58. The lowest BCUT2D eigenvalue weighted by Gasteiger charge is -2.41. The van der Waals surface area contributed by atoms with Crippen LogP contribution in [0.5, 0.6) is 0 Å². The zero-order chi connectivity index (χ0) is 13.1. The summed E-state index contributed by atoms with van der Waals surface area (Å²) in [7, 11) is 0. The largest absolute Gasteiger partial charge is 0.366 e. The van der Waals surface area contributed by atoms with Crippen molar-refractivity contribution in [1.82, 2.24) is 5.32 Å². The molecule has 1 saturated heterocycles. The lowest BCUT2D eigenvalue weighted by atomic mass is 10.0. The molecule has 0 aromatic heterocycles. The summed E-state index contributed by atoms with van der Waals surface area (Å²) in [5, 5.41) is 3.58. The molecule has 0 radical (unpaired) electrons. The van der Waals surface area contributed by atoms with Crippen molar-refractivity contribution >= 4 is 5.69 Å². The van der Waals surface area contributed by atoms with E-state index in [-0.39, 0.29) is 0 Å². The SMILES string of the molecule is CCC1CNC(C)CN1c1cccc(C(C)C)c1. The maximum absolute atomic E-state index is 3.58. The molecular weight excluding hydrogens is 220 g/mol. The van der Waals surface area contributed by atoms with E-state index in [1.807, 2.05) is 0 Å². The van der Waals surface area contributed by atoms with Crippen molar-refractivity contribution in [3.05, 3.63) is 29.8 Å². The van der Waals surface area contributed by atoms with Crippen LogP contribution < -0.4 is 10.2 Å². The van der Waals surface area contributed by atoms with Gasteiger partial charge in [-0.3, -0.25) is 0 Å². The van der Waals surface area contributed by atoms with Gasteiger partial charge in [-0.15, -0.1) is 0 Å². The van der Waals surface area contributed by atoms with Gasteiger partial charge in [-0.25, -0.2) is 0 Å². The van der Waals surface area contributed by atoms with Crippen molar-refractivity contribution in [2.45, 2.75) is 52.1 Å². The molecule has 0 bridgehead atoms. The van der Waals surface area contributed by atoms with Gasteiger partial charge in [0.1, 0.15) is 0 Å². The molecule has 1 aromatic rings. The number of hydrogen-bond acceptors (Lipinski definition) is 2. The summed E-state index contributed by atoms with van der Waals surface area (Å²) in [4.78, 5) is 2.58. The van der Waals surface area contributed by atoms with Gasteiger partial charge in [-0.1, -0.05) is 32.9 Å². The molecule has 0 saturated carbocycles. The minimum Gasteiger partial charge on any atom is -0.366 e. The van der Waals surface area contributed by atoms with E-state index in [1.165, 1.54) is 17.7 Å². The summed E-state index contributed by atoms with van der Waals surface area (Å²) >= 11 is 0. The molecule has 2 nitrogen and oxygen atoms in total. The summed E-state index contributed by atoms with van der Waals surface area (Å²) in [5.41, 5.74) is 2.83. The van der Waals surface area contributed by atoms with E-state index in [0.717, 1.165) is 13.1 Å². The number of rotatable bonds is 3. The summed E-state index contributed by atoms with van der Waals surface area (Å²) in [6, 6.07) is 10.3. The van der Waals surface area contributed by atoms with Crippen LogP contribution in [0.15, 0.2) is 24.3 Å². The summed E-state index contributed by atoms with van der Waals surface area (Å²) in [5.74, 6) is 0.602. The van der Waals surface area contributed by atoms with E-state index in [9.17, 15) is 0 Å². The molecule has 1 fully saturated rings.